The second-order valence-electron chi connectivity index (χ2n) is 5.55. The van der Waals surface area contributed by atoms with Gasteiger partial charge in [0.2, 0.25) is 5.91 Å². The van der Waals surface area contributed by atoms with Crippen molar-refractivity contribution in [1.29, 1.82) is 0 Å². The van der Waals surface area contributed by atoms with Crippen LogP contribution < -0.4 is 5.32 Å². The van der Waals surface area contributed by atoms with Crippen LogP contribution in [0, 0.1) is 0 Å². The highest BCUT2D eigenvalue weighted by Gasteiger charge is 2.17. The van der Waals surface area contributed by atoms with E-state index in [0.29, 0.717) is 17.5 Å². The van der Waals surface area contributed by atoms with E-state index in [4.69, 9.17) is 11.6 Å². The first-order valence-corrected chi connectivity index (χ1v) is 7.78. The molecule has 1 aliphatic rings. The summed E-state index contributed by atoms with van der Waals surface area (Å²) in [6.45, 7) is 5.24. The van der Waals surface area contributed by atoms with Crippen molar-refractivity contribution in [3.63, 3.8) is 0 Å². The second kappa shape index (κ2) is 7.65. The minimum absolute atomic E-state index is 0.0798. The number of rotatable bonds is 5. The Balaban J connectivity index is 1.72. The van der Waals surface area contributed by atoms with Crippen LogP contribution >= 0.6 is 11.6 Å². The van der Waals surface area contributed by atoms with Gasteiger partial charge in [0.1, 0.15) is 0 Å². The summed E-state index contributed by atoms with van der Waals surface area (Å²) >= 11 is 5.83. The molecule has 4 heteroatoms. The molecular formula is C16H23ClN2O. The molecule has 1 aliphatic heterocycles. The van der Waals surface area contributed by atoms with Crippen molar-refractivity contribution in [2.45, 2.75) is 38.6 Å². The average molecular weight is 295 g/mol. The van der Waals surface area contributed by atoms with Crippen LogP contribution in [0.25, 0.3) is 0 Å². The minimum atomic E-state index is 0.0798. The third-order valence-electron chi connectivity index (χ3n) is 3.89. The minimum Gasteiger partial charge on any atom is -0.354 e. The van der Waals surface area contributed by atoms with Crippen molar-refractivity contribution in [2.75, 3.05) is 19.6 Å². The van der Waals surface area contributed by atoms with Crippen LogP contribution in [0.2, 0.25) is 5.02 Å². The molecule has 1 amide bonds. The molecule has 1 N–H and O–H groups in total. The smallest absolute Gasteiger partial charge is 0.224 e. The number of nitrogens with zero attached hydrogens (tertiary/aromatic N) is 1. The van der Waals surface area contributed by atoms with Crippen molar-refractivity contribution in [2.24, 2.45) is 0 Å². The molecule has 1 fully saturated rings. The Morgan fingerprint density at radius 1 is 1.25 bits per heavy atom. The Hall–Kier alpha value is -1.06. The number of halogens is 1. The van der Waals surface area contributed by atoms with Gasteiger partial charge in [0.05, 0.1) is 6.42 Å². The molecule has 20 heavy (non-hydrogen) atoms. The zero-order chi connectivity index (χ0) is 14.4. The molecule has 1 aromatic rings. The zero-order valence-electron chi connectivity index (χ0n) is 12.1. The quantitative estimate of drug-likeness (QED) is 0.906. The topological polar surface area (TPSA) is 32.3 Å². The van der Waals surface area contributed by atoms with Gasteiger partial charge in [0.25, 0.3) is 0 Å². The Kier molecular flexibility index (Phi) is 5.86. The van der Waals surface area contributed by atoms with Crippen LogP contribution in [0.3, 0.4) is 0 Å². The molecule has 0 radical (unpaired) electrons. The first-order chi connectivity index (χ1) is 9.65. The number of carbonyl (C=O) groups is 1. The average Bonchev–Trinajstić information content (AvgIpc) is 2.48. The summed E-state index contributed by atoms with van der Waals surface area (Å²) in [6.07, 6.45) is 4.32. The molecule has 1 aromatic carbocycles. The molecule has 1 atom stereocenters. The molecule has 0 spiro atoms. The van der Waals surface area contributed by atoms with Crippen LogP contribution in [0.15, 0.2) is 24.3 Å². The molecule has 0 bridgehead atoms. The van der Waals surface area contributed by atoms with Crippen molar-refractivity contribution in [1.82, 2.24) is 10.2 Å². The van der Waals surface area contributed by atoms with Gasteiger partial charge in [0, 0.05) is 17.6 Å². The van der Waals surface area contributed by atoms with Gasteiger partial charge in [-0.1, -0.05) is 30.2 Å². The normalized spacial score (nSPS) is 17.7. The lowest BCUT2D eigenvalue weighted by atomic mass is 10.1. The predicted octanol–water partition coefficient (Wildman–Crippen LogP) is 2.87. The van der Waals surface area contributed by atoms with Gasteiger partial charge in [-0.2, -0.15) is 0 Å². The van der Waals surface area contributed by atoms with Crippen LogP contribution in [0.4, 0.5) is 0 Å². The lowest BCUT2D eigenvalue weighted by Crippen LogP contribution is -2.44. The molecule has 0 saturated carbocycles. The Bertz CT molecular complexity index is 427. The van der Waals surface area contributed by atoms with Gasteiger partial charge in [0.15, 0.2) is 0 Å². The van der Waals surface area contributed by atoms with E-state index in [0.717, 1.165) is 25.2 Å². The lowest BCUT2D eigenvalue weighted by Gasteiger charge is -2.32. The van der Waals surface area contributed by atoms with E-state index in [1.807, 2.05) is 24.3 Å². The SMILES string of the molecule is CC(CNC(=O)Cc1ccc(Cl)cc1)N1CCCCC1. The maximum Gasteiger partial charge on any atom is 0.224 e. The third-order valence-corrected chi connectivity index (χ3v) is 4.14. The summed E-state index contributed by atoms with van der Waals surface area (Å²) in [4.78, 5) is 14.4. The van der Waals surface area contributed by atoms with Crippen molar-refractivity contribution >= 4 is 17.5 Å². The molecule has 3 nitrogen and oxygen atoms in total. The van der Waals surface area contributed by atoms with E-state index >= 15 is 0 Å². The Labute approximate surface area is 126 Å². The Morgan fingerprint density at radius 3 is 2.55 bits per heavy atom. The summed E-state index contributed by atoms with van der Waals surface area (Å²) in [5, 5.41) is 3.73. The molecule has 110 valence electrons. The number of nitrogens with one attached hydrogen (secondary N) is 1. The number of carbonyl (C=O) groups excluding carboxylic acids is 1. The number of amides is 1. The number of hydrogen-bond acceptors (Lipinski definition) is 2. The fraction of sp³-hybridized carbons (Fsp3) is 0.562. The highest BCUT2D eigenvalue weighted by atomic mass is 35.5. The second-order valence-corrected chi connectivity index (χ2v) is 5.99. The summed E-state index contributed by atoms with van der Waals surface area (Å²) in [7, 11) is 0. The van der Waals surface area contributed by atoms with Gasteiger partial charge in [-0.05, 0) is 50.6 Å². The van der Waals surface area contributed by atoms with Gasteiger partial charge in [-0.3, -0.25) is 9.69 Å². The van der Waals surface area contributed by atoms with Gasteiger partial charge in [-0.25, -0.2) is 0 Å². The summed E-state index contributed by atoms with van der Waals surface area (Å²) in [5.74, 6) is 0.0798. The highest BCUT2D eigenvalue weighted by molar-refractivity contribution is 6.30. The number of benzene rings is 1. The van der Waals surface area contributed by atoms with E-state index in [1.54, 1.807) is 0 Å². The molecule has 1 saturated heterocycles. The van der Waals surface area contributed by atoms with Crippen LogP contribution in [0.1, 0.15) is 31.7 Å². The van der Waals surface area contributed by atoms with Crippen LogP contribution in [-0.2, 0) is 11.2 Å². The van der Waals surface area contributed by atoms with Crippen molar-refractivity contribution < 1.29 is 4.79 Å². The first-order valence-electron chi connectivity index (χ1n) is 7.40. The summed E-state index contributed by atoms with van der Waals surface area (Å²) < 4.78 is 0. The third kappa shape index (κ3) is 4.80. The van der Waals surface area contributed by atoms with Crippen LogP contribution in [0.5, 0.6) is 0 Å². The van der Waals surface area contributed by atoms with Crippen molar-refractivity contribution in [3.8, 4) is 0 Å². The Morgan fingerprint density at radius 2 is 1.90 bits per heavy atom. The van der Waals surface area contributed by atoms with E-state index in [2.05, 4.69) is 17.1 Å². The molecular weight excluding hydrogens is 272 g/mol. The first kappa shape index (κ1) is 15.3. The summed E-state index contributed by atoms with van der Waals surface area (Å²) in [5.41, 5.74) is 0.998. The predicted molar refractivity (Wildman–Crippen MR) is 83.1 cm³/mol. The number of piperidine rings is 1. The fourth-order valence-electron chi connectivity index (χ4n) is 2.60. The van der Waals surface area contributed by atoms with E-state index in [9.17, 15) is 4.79 Å². The van der Waals surface area contributed by atoms with Crippen LogP contribution in [-0.4, -0.2) is 36.5 Å². The fourth-order valence-corrected chi connectivity index (χ4v) is 2.73. The zero-order valence-corrected chi connectivity index (χ0v) is 12.8. The van der Waals surface area contributed by atoms with E-state index in [1.165, 1.54) is 19.3 Å². The molecule has 1 unspecified atom stereocenters. The number of likely N-dealkylation sites (tertiary alicyclic amines) is 1. The van der Waals surface area contributed by atoms with E-state index < -0.39 is 0 Å². The molecule has 0 aromatic heterocycles. The monoisotopic (exact) mass is 294 g/mol. The standard InChI is InChI=1S/C16H23ClN2O/c1-13(19-9-3-2-4-10-19)12-18-16(20)11-14-5-7-15(17)8-6-14/h5-8,13H,2-4,9-12H2,1H3,(H,18,20). The largest absolute Gasteiger partial charge is 0.354 e. The number of hydrogen-bond donors (Lipinski definition) is 1. The lowest BCUT2D eigenvalue weighted by molar-refractivity contribution is -0.120. The van der Waals surface area contributed by atoms with Crippen molar-refractivity contribution in [3.05, 3.63) is 34.9 Å². The maximum absolute atomic E-state index is 11.9. The van der Waals surface area contributed by atoms with Gasteiger partial charge in [-0.15, -0.1) is 0 Å². The van der Waals surface area contributed by atoms with E-state index in [-0.39, 0.29) is 5.91 Å². The summed E-state index contributed by atoms with van der Waals surface area (Å²) in [6, 6.07) is 7.86. The highest BCUT2D eigenvalue weighted by Crippen LogP contribution is 2.12. The van der Waals surface area contributed by atoms with Gasteiger partial charge >= 0.3 is 0 Å². The maximum atomic E-state index is 11.9. The van der Waals surface area contributed by atoms with Gasteiger partial charge < -0.3 is 5.32 Å². The molecule has 2 rings (SSSR count). The molecule has 0 aliphatic carbocycles. The molecule has 1 heterocycles.